The van der Waals surface area contributed by atoms with Crippen LogP contribution in [0.2, 0.25) is 0 Å². The van der Waals surface area contributed by atoms with Gasteiger partial charge in [-0.1, -0.05) is 71.4 Å². The minimum atomic E-state index is -0.364. The van der Waals surface area contributed by atoms with Gasteiger partial charge in [-0.3, -0.25) is 4.79 Å². The summed E-state index contributed by atoms with van der Waals surface area (Å²) in [5.74, 6) is 1.50. The lowest BCUT2D eigenvalue weighted by Crippen LogP contribution is -2.57. The largest absolute Gasteiger partial charge is 0.377 e. The predicted molar refractivity (Wildman–Crippen MR) is 129 cm³/mol. The topological polar surface area (TPSA) is 70.4 Å². The number of unbranched alkanes of at least 4 members (excludes halogenated alkanes) is 1. The van der Waals surface area contributed by atoms with Gasteiger partial charge in [0.1, 0.15) is 6.04 Å². The Balaban J connectivity index is 1.87. The Hall–Kier alpha value is -0.790. The fourth-order valence-electron chi connectivity index (χ4n) is 4.41. The Morgan fingerprint density at radius 2 is 1.97 bits per heavy atom. The molecule has 166 valence electrons. The van der Waals surface area contributed by atoms with Crippen LogP contribution in [0.1, 0.15) is 72.6 Å². The smallest absolute Gasteiger partial charge is 0.245 e. The number of hydrogen-bond acceptors (Lipinski definition) is 4. The lowest BCUT2D eigenvalue weighted by Gasteiger charge is -2.38. The number of hydrogen-bond donors (Lipinski definition) is 3. The number of rotatable bonds is 9. The number of nitrogens with zero attached hydrogens (tertiary/aromatic N) is 1. The highest BCUT2D eigenvalue weighted by molar-refractivity contribution is 7.80. The van der Waals surface area contributed by atoms with E-state index in [2.05, 4.69) is 38.3 Å². The van der Waals surface area contributed by atoms with Gasteiger partial charge in [0, 0.05) is 31.6 Å². The number of carbonyl (C=O) groups is 1. The van der Waals surface area contributed by atoms with Crippen LogP contribution in [0.5, 0.6) is 0 Å². The lowest BCUT2D eigenvalue weighted by atomic mass is 9.72. The molecule has 1 saturated heterocycles. The quantitative estimate of drug-likeness (QED) is 0.477. The van der Waals surface area contributed by atoms with Crippen molar-refractivity contribution in [2.24, 2.45) is 23.0 Å². The summed E-state index contributed by atoms with van der Waals surface area (Å²) in [5, 5.41) is 6.68. The molecule has 1 saturated carbocycles. The van der Waals surface area contributed by atoms with Gasteiger partial charge < -0.3 is 21.3 Å². The molecule has 0 spiro atoms. The van der Waals surface area contributed by atoms with Gasteiger partial charge in [-0.2, -0.15) is 0 Å². The Morgan fingerprint density at radius 3 is 2.55 bits per heavy atom. The van der Waals surface area contributed by atoms with E-state index >= 15 is 0 Å². The van der Waals surface area contributed by atoms with Gasteiger partial charge in [-0.15, -0.1) is 0 Å². The molecule has 5 nitrogen and oxygen atoms in total. The second kappa shape index (κ2) is 11.0. The first-order chi connectivity index (χ1) is 13.7. The zero-order valence-electron chi connectivity index (χ0n) is 18.6. The van der Waals surface area contributed by atoms with E-state index in [1.54, 1.807) is 0 Å². The molecule has 2 rings (SSSR count). The third kappa shape index (κ3) is 6.86. The summed E-state index contributed by atoms with van der Waals surface area (Å²) < 4.78 is 0. The summed E-state index contributed by atoms with van der Waals surface area (Å²) in [7, 11) is 0. The molecule has 1 aliphatic carbocycles. The van der Waals surface area contributed by atoms with Crippen molar-refractivity contribution in [1.29, 1.82) is 0 Å². The van der Waals surface area contributed by atoms with Crippen molar-refractivity contribution in [3.8, 4) is 0 Å². The zero-order valence-corrected chi connectivity index (χ0v) is 20.3. The van der Waals surface area contributed by atoms with Crippen molar-refractivity contribution in [3.05, 3.63) is 0 Å². The molecule has 2 fully saturated rings. The fourth-order valence-corrected chi connectivity index (χ4v) is 4.81. The van der Waals surface area contributed by atoms with E-state index in [1.165, 1.54) is 32.1 Å². The molecule has 0 aromatic rings. The molecule has 29 heavy (non-hydrogen) atoms. The first kappa shape index (κ1) is 24.5. The van der Waals surface area contributed by atoms with E-state index in [0.717, 1.165) is 36.8 Å². The van der Waals surface area contributed by atoms with Gasteiger partial charge in [0.05, 0.1) is 9.98 Å². The van der Waals surface area contributed by atoms with Crippen LogP contribution in [-0.2, 0) is 4.79 Å². The fraction of sp³-hybridized carbons (Fsp3) is 0.864. The SMILES string of the molecule is CCCCC1CC(C(=S)NCC2CCCN2C(=O)[C@@H](NC(=S)CN)C(C)(C)C)C1. The van der Waals surface area contributed by atoms with Crippen LogP contribution < -0.4 is 16.4 Å². The summed E-state index contributed by atoms with van der Waals surface area (Å²) in [6, 6.07) is -0.174. The summed E-state index contributed by atoms with van der Waals surface area (Å²) in [4.78, 5) is 16.9. The van der Waals surface area contributed by atoms with Crippen molar-refractivity contribution in [1.82, 2.24) is 15.5 Å². The average Bonchev–Trinajstić information content (AvgIpc) is 3.10. The third-order valence-electron chi connectivity index (χ3n) is 6.35. The minimum Gasteiger partial charge on any atom is -0.377 e. The van der Waals surface area contributed by atoms with E-state index in [9.17, 15) is 4.79 Å². The molecule has 4 N–H and O–H groups in total. The van der Waals surface area contributed by atoms with Crippen LogP contribution >= 0.6 is 24.4 Å². The molecule has 0 radical (unpaired) electrons. The summed E-state index contributed by atoms with van der Waals surface area (Å²) >= 11 is 10.9. The Kier molecular flexibility index (Phi) is 9.29. The van der Waals surface area contributed by atoms with Crippen LogP contribution in [0.15, 0.2) is 0 Å². The van der Waals surface area contributed by atoms with Crippen molar-refractivity contribution in [2.45, 2.75) is 84.7 Å². The van der Waals surface area contributed by atoms with Gasteiger partial charge in [0.25, 0.3) is 0 Å². The Morgan fingerprint density at radius 1 is 1.28 bits per heavy atom. The minimum absolute atomic E-state index is 0.117. The molecule has 2 atom stereocenters. The number of nitrogens with one attached hydrogen (secondary N) is 2. The summed E-state index contributed by atoms with van der Waals surface area (Å²) in [5.41, 5.74) is 5.41. The molecule has 0 aromatic carbocycles. The maximum Gasteiger partial charge on any atom is 0.245 e. The highest BCUT2D eigenvalue weighted by atomic mass is 32.1. The van der Waals surface area contributed by atoms with Crippen molar-refractivity contribution in [2.75, 3.05) is 19.6 Å². The van der Waals surface area contributed by atoms with Crippen molar-refractivity contribution < 1.29 is 4.79 Å². The number of amides is 1. The first-order valence-corrected chi connectivity index (χ1v) is 12.1. The number of nitrogens with two attached hydrogens (primary N) is 1. The predicted octanol–water partition coefficient (Wildman–Crippen LogP) is 3.40. The van der Waals surface area contributed by atoms with Crippen molar-refractivity contribution >= 4 is 40.3 Å². The number of thiocarbonyl (C=S) groups is 2. The molecule has 1 amide bonds. The van der Waals surface area contributed by atoms with Gasteiger partial charge in [0.15, 0.2) is 0 Å². The van der Waals surface area contributed by atoms with Crippen LogP contribution in [0.25, 0.3) is 0 Å². The maximum atomic E-state index is 13.3. The Bertz CT molecular complexity index is 584. The van der Waals surface area contributed by atoms with E-state index < -0.39 is 0 Å². The van der Waals surface area contributed by atoms with Gasteiger partial charge in [-0.25, -0.2) is 0 Å². The summed E-state index contributed by atoms with van der Waals surface area (Å²) in [6.07, 6.45) is 8.45. The summed E-state index contributed by atoms with van der Waals surface area (Å²) in [6.45, 7) is 10.2. The average molecular weight is 441 g/mol. The lowest BCUT2D eigenvalue weighted by molar-refractivity contribution is -0.136. The van der Waals surface area contributed by atoms with Gasteiger partial charge in [-0.05, 0) is 37.0 Å². The highest BCUT2D eigenvalue weighted by Crippen LogP contribution is 2.37. The maximum absolute atomic E-state index is 13.3. The third-order valence-corrected chi connectivity index (χ3v) is 7.11. The molecule has 1 aliphatic heterocycles. The second-order valence-corrected chi connectivity index (χ2v) is 10.8. The molecule has 0 bridgehead atoms. The standard InChI is InChI=1S/C22H40N4OS2/c1-5-6-8-15-11-16(12-15)20(29)24-14-17-9-7-10-26(17)21(27)19(22(2,3)4)25-18(28)13-23/h15-17,19H,5-14,23H2,1-4H3,(H,24,29)(H,25,28)/t15?,16?,17?,19-/m1/s1. The highest BCUT2D eigenvalue weighted by Gasteiger charge is 2.39. The molecular formula is C22H40N4OS2. The molecule has 1 unspecified atom stereocenters. The van der Waals surface area contributed by atoms with E-state index in [1.807, 2.05) is 4.90 Å². The monoisotopic (exact) mass is 440 g/mol. The normalized spacial score (nSPS) is 25.3. The Labute approximate surface area is 187 Å². The zero-order chi connectivity index (χ0) is 21.6. The molecule has 7 heteroatoms. The van der Waals surface area contributed by atoms with E-state index in [0.29, 0.717) is 10.9 Å². The van der Waals surface area contributed by atoms with Gasteiger partial charge in [0.2, 0.25) is 5.91 Å². The second-order valence-electron chi connectivity index (χ2n) is 9.82. The van der Waals surface area contributed by atoms with E-state index in [4.69, 9.17) is 30.2 Å². The van der Waals surface area contributed by atoms with Crippen LogP contribution in [-0.4, -0.2) is 52.5 Å². The number of carbonyl (C=O) groups excluding carboxylic acids is 1. The van der Waals surface area contributed by atoms with Crippen LogP contribution in [0, 0.1) is 17.3 Å². The number of likely N-dealkylation sites (tertiary alicyclic amines) is 1. The van der Waals surface area contributed by atoms with Gasteiger partial charge >= 0.3 is 0 Å². The first-order valence-electron chi connectivity index (χ1n) is 11.2. The van der Waals surface area contributed by atoms with Crippen molar-refractivity contribution in [3.63, 3.8) is 0 Å². The van der Waals surface area contributed by atoms with Crippen LogP contribution in [0.4, 0.5) is 0 Å². The van der Waals surface area contributed by atoms with Crippen LogP contribution in [0.3, 0.4) is 0 Å². The molecular weight excluding hydrogens is 400 g/mol. The molecule has 2 aliphatic rings. The molecule has 0 aromatic heterocycles. The van der Waals surface area contributed by atoms with E-state index in [-0.39, 0.29) is 30.0 Å². The molecule has 1 heterocycles.